The van der Waals surface area contributed by atoms with E-state index in [1.165, 1.54) is 6.07 Å². The maximum absolute atomic E-state index is 13.4. The zero-order chi connectivity index (χ0) is 22.0. The highest BCUT2D eigenvalue weighted by atomic mass is 19.1. The third-order valence-electron chi connectivity index (χ3n) is 5.90. The Labute approximate surface area is 179 Å². The molecule has 1 fully saturated rings. The van der Waals surface area contributed by atoms with E-state index in [0.29, 0.717) is 48.2 Å². The fourth-order valence-electron chi connectivity index (χ4n) is 3.97. The lowest BCUT2D eigenvalue weighted by Gasteiger charge is -2.34. The summed E-state index contributed by atoms with van der Waals surface area (Å²) in [5.41, 5.74) is 1.18. The number of hydrogen-bond acceptors (Lipinski definition) is 6. The van der Waals surface area contributed by atoms with Crippen LogP contribution in [0.4, 0.5) is 4.39 Å². The molecule has 1 aromatic carbocycles. The van der Waals surface area contributed by atoms with Crippen LogP contribution in [-0.4, -0.2) is 48.7 Å². The van der Waals surface area contributed by atoms with Gasteiger partial charge in [-0.1, -0.05) is 5.16 Å². The van der Waals surface area contributed by atoms with E-state index in [1.807, 2.05) is 22.7 Å². The molecule has 8 nitrogen and oxygen atoms in total. The molecule has 9 heteroatoms. The number of hydrogen-bond donors (Lipinski definition) is 1. The molecule has 0 saturated carbocycles. The predicted octanol–water partition coefficient (Wildman–Crippen LogP) is 2.82. The van der Waals surface area contributed by atoms with Crippen LogP contribution in [0.25, 0.3) is 11.4 Å². The number of benzene rings is 1. The molecule has 1 saturated heterocycles. The summed E-state index contributed by atoms with van der Waals surface area (Å²) in [6, 6.07) is 4.64. The molecule has 1 aliphatic rings. The Morgan fingerprint density at radius 3 is 2.81 bits per heavy atom. The van der Waals surface area contributed by atoms with Crippen LogP contribution in [-0.2, 0) is 18.3 Å². The average molecular weight is 427 g/mol. The first-order chi connectivity index (χ1) is 14.9. The van der Waals surface area contributed by atoms with Gasteiger partial charge in [0.2, 0.25) is 17.6 Å². The third-order valence-corrected chi connectivity index (χ3v) is 5.90. The maximum atomic E-state index is 13.4. The molecule has 2 aromatic heterocycles. The number of halogens is 1. The summed E-state index contributed by atoms with van der Waals surface area (Å²) in [4.78, 5) is 23.0. The summed E-state index contributed by atoms with van der Waals surface area (Å²) in [5, 5.41) is 14.5. The number of carbonyl (C=O) groups excluding carboxylic acids is 1. The van der Waals surface area contributed by atoms with Crippen LogP contribution in [0.1, 0.15) is 42.6 Å². The predicted molar refractivity (Wildman–Crippen MR) is 110 cm³/mol. The molecule has 1 atom stereocenters. The van der Waals surface area contributed by atoms with Crippen LogP contribution in [0.2, 0.25) is 0 Å². The van der Waals surface area contributed by atoms with Crippen molar-refractivity contribution in [1.82, 2.24) is 24.6 Å². The van der Waals surface area contributed by atoms with Crippen LogP contribution in [0, 0.1) is 18.7 Å². The van der Waals surface area contributed by atoms with Crippen molar-refractivity contribution >= 4 is 5.91 Å². The van der Waals surface area contributed by atoms with Gasteiger partial charge < -0.3 is 19.1 Å². The van der Waals surface area contributed by atoms with E-state index in [4.69, 9.17) is 4.52 Å². The largest absolute Gasteiger partial charge is 0.385 e. The van der Waals surface area contributed by atoms with Gasteiger partial charge in [0, 0.05) is 50.9 Å². The Morgan fingerprint density at radius 2 is 2.13 bits per heavy atom. The number of amides is 1. The molecule has 1 aliphatic heterocycles. The molecule has 3 heterocycles. The Kier molecular flexibility index (Phi) is 6.13. The second-order valence-electron chi connectivity index (χ2n) is 8.04. The number of nitrogens with zero attached hydrogens (tertiary/aromatic N) is 5. The first-order valence-corrected chi connectivity index (χ1v) is 10.4. The molecule has 3 aromatic rings. The van der Waals surface area contributed by atoms with Crippen LogP contribution < -0.4 is 0 Å². The summed E-state index contributed by atoms with van der Waals surface area (Å²) in [6.45, 7) is 2.89. The quantitative estimate of drug-likeness (QED) is 0.650. The van der Waals surface area contributed by atoms with E-state index in [2.05, 4.69) is 15.1 Å². The summed E-state index contributed by atoms with van der Waals surface area (Å²) in [6.07, 6.45) is 4.96. The van der Waals surface area contributed by atoms with Gasteiger partial charge in [-0.2, -0.15) is 4.98 Å². The topological polar surface area (TPSA) is 97.3 Å². The molecule has 0 bridgehead atoms. The average Bonchev–Trinajstić information content (AvgIpc) is 3.42. The number of carbonyl (C=O) groups is 1. The van der Waals surface area contributed by atoms with E-state index < -0.39 is 6.10 Å². The molecular formula is C22H26FN5O3. The molecule has 1 N–H and O–H groups in total. The van der Waals surface area contributed by atoms with Gasteiger partial charge in [-0.25, -0.2) is 9.37 Å². The lowest BCUT2D eigenvalue weighted by molar-refractivity contribution is -0.133. The Balaban J connectivity index is 1.28. The van der Waals surface area contributed by atoms with Crippen molar-refractivity contribution in [1.29, 1.82) is 0 Å². The number of aromatic nitrogens is 4. The zero-order valence-electron chi connectivity index (χ0n) is 17.7. The fourth-order valence-corrected chi connectivity index (χ4v) is 3.97. The molecule has 0 spiro atoms. The van der Waals surface area contributed by atoms with E-state index in [1.54, 1.807) is 25.3 Å². The van der Waals surface area contributed by atoms with Crippen molar-refractivity contribution < 1.29 is 18.8 Å². The van der Waals surface area contributed by atoms with E-state index in [0.717, 1.165) is 12.8 Å². The van der Waals surface area contributed by atoms with Gasteiger partial charge in [0.15, 0.2) is 0 Å². The van der Waals surface area contributed by atoms with Crippen molar-refractivity contribution in [2.45, 2.75) is 38.7 Å². The molecule has 0 aliphatic carbocycles. The fraction of sp³-hybridized carbons (Fsp3) is 0.455. The van der Waals surface area contributed by atoms with Gasteiger partial charge >= 0.3 is 0 Å². The SMILES string of the molecule is Cc1cc(-c2noc(CCC(=O)N3CCC(C(O)c4nccn4C)CC3)n2)ccc1F. The molecule has 1 unspecified atom stereocenters. The van der Waals surface area contributed by atoms with Gasteiger partial charge in [0.25, 0.3) is 0 Å². The van der Waals surface area contributed by atoms with E-state index >= 15 is 0 Å². The van der Waals surface area contributed by atoms with E-state index in [-0.39, 0.29) is 24.1 Å². The number of aliphatic hydroxyl groups is 1. The number of imidazole rings is 1. The number of piperidine rings is 1. The number of aliphatic hydroxyl groups excluding tert-OH is 1. The zero-order valence-corrected chi connectivity index (χ0v) is 17.7. The molecular weight excluding hydrogens is 401 g/mol. The van der Waals surface area contributed by atoms with Gasteiger partial charge in [0.1, 0.15) is 17.7 Å². The third kappa shape index (κ3) is 4.66. The van der Waals surface area contributed by atoms with Gasteiger partial charge in [0.05, 0.1) is 0 Å². The lowest BCUT2D eigenvalue weighted by atomic mass is 9.90. The molecule has 31 heavy (non-hydrogen) atoms. The van der Waals surface area contributed by atoms with Crippen LogP contribution in [0.3, 0.4) is 0 Å². The highest BCUT2D eigenvalue weighted by molar-refractivity contribution is 5.76. The minimum atomic E-state index is -0.621. The standard InChI is InChI=1S/C22H26FN5O3/c1-14-13-16(3-4-17(14)23)21-25-18(31-26-21)5-6-19(29)28-10-7-15(8-11-28)20(30)22-24-9-12-27(22)2/h3-4,9,12-13,15,20,30H,5-8,10-11H2,1-2H3. The smallest absolute Gasteiger partial charge is 0.227 e. The number of likely N-dealkylation sites (tertiary alicyclic amines) is 1. The second kappa shape index (κ2) is 8.97. The normalized spacial score (nSPS) is 15.9. The van der Waals surface area contributed by atoms with Crippen molar-refractivity contribution in [3.63, 3.8) is 0 Å². The lowest BCUT2D eigenvalue weighted by Crippen LogP contribution is -2.40. The minimum absolute atomic E-state index is 0.0299. The summed E-state index contributed by atoms with van der Waals surface area (Å²) < 4.78 is 20.5. The van der Waals surface area contributed by atoms with Gasteiger partial charge in [-0.3, -0.25) is 4.79 Å². The first kappa shape index (κ1) is 21.2. The van der Waals surface area contributed by atoms with Crippen molar-refractivity contribution in [3.05, 3.63) is 53.7 Å². The molecule has 0 radical (unpaired) electrons. The van der Waals surface area contributed by atoms with Crippen LogP contribution in [0.15, 0.2) is 35.1 Å². The Hall–Kier alpha value is -3.07. The highest BCUT2D eigenvalue weighted by Crippen LogP contribution is 2.30. The van der Waals surface area contributed by atoms with Gasteiger partial charge in [-0.15, -0.1) is 0 Å². The molecule has 4 rings (SSSR count). The second-order valence-corrected chi connectivity index (χ2v) is 8.04. The number of rotatable bonds is 6. The molecule has 164 valence electrons. The Bertz CT molecular complexity index is 1060. The van der Waals surface area contributed by atoms with E-state index in [9.17, 15) is 14.3 Å². The van der Waals surface area contributed by atoms with Crippen molar-refractivity contribution in [2.24, 2.45) is 13.0 Å². The minimum Gasteiger partial charge on any atom is -0.385 e. The summed E-state index contributed by atoms with van der Waals surface area (Å²) >= 11 is 0. The first-order valence-electron chi connectivity index (χ1n) is 10.4. The maximum Gasteiger partial charge on any atom is 0.227 e. The molecule has 1 amide bonds. The van der Waals surface area contributed by atoms with Crippen molar-refractivity contribution in [3.8, 4) is 11.4 Å². The summed E-state index contributed by atoms with van der Waals surface area (Å²) in [7, 11) is 1.87. The van der Waals surface area contributed by atoms with Crippen LogP contribution >= 0.6 is 0 Å². The Morgan fingerprint density at radius 1 is 1.35 bits per heavy atom. The highest BCUT2D eigenvalue weighted by Gasteiger charge is 2.30. The van der Waals surface area contributed by atoms with Gasteiger partial charge in [-0.05, 0) is 49.4 Å². The summed E-state index contributed by atoms with van der Waals surface area (Å²) in [5.74, 6) is 1.26. The van der Waals surface area contributed by atoms with Crippen LogP contribution in [0.5, 0.6) is 0 Å². The monoisotopic (exact) mass is 427 g/mol. The van der Waals surface area contributed by atoms with Crippen molar-refractivity contribution in [2.75, 3.05) is 13.1 Å². The number of aryl methyl sites for hydroxylation is 3.